The summed E-state index contributed by atoms with van der Waals surface area (Å²) in [5, 5.41) is 3.59. The van der Waals surface area contributed by atoms with Crippen molar-refractivity contribution in [3.8, 4) is 11.5 Å². The quantitative estimate of drug-likeness (QED) is 0.713. The number of piperazine rings is 1. The topological polar surface area (TPSA) is 58.4 Å². The molecule has 2 heterocycles. The first kappa shape index (κ1) is 18.7. The second-order valence-corrected chi connectivity index (χ2v) is 7.38. The van der Waals surface area contributed by atoms with Crippen molar-refractivity contribution in [3.63, 3.8) is 0 Å². The van der Waals surface area contributed by atoms with Gasteiger partial charge in [0.1, 0.15) is 5.76 Å². The number of aryl methyl sites for hydroxylation is 1. The van der Waals surface area contributed by atoms with Crippen LogP contribution in [-0.4, -0.2) is 34.9 Å². The Hall–Kier alpha value is -2.63. The van der Waals surface area contributed by atoms with Crippen molar-refractivity contribution in [2.75, 3.05) is 13.1 Å². The van der Waals surface area contributed by atoms with Crippen LogP contribution in [0, 0.1) is 6.92 Å². The molecule has 28 heavy (non-hydrogen) atoms. The summed E-state index contributed by atoms with van der Waals surface area (Å²) in [6.07, 6.45) is 0.668. The molecule has 0 radical (unpaired) electrons. The van der Waals surface area contributed by atoms with Crippen molar-refractivity contribution in [2.45, 2.75) is 25.9 Å². The summed E-state index contributed by atoms with van der Waals surface area (Å²) in [6, 6.07) is 17.4. The number of nitrogens with one attached hydrogen (secondary N) is 1. The molecule has 1 atom stereocenters. The van der Waals surface area contributed by atoms with E-state index in [-0.39, 0.29) is 11.9 Å². The third-order valence-corrected chi connectivity index (χ3v) is 5.39. The largest absolute Gasteiger partial charge is 0.441 e. The highest BCUT2D eigenvalue weighted by atomic mass is 35.5. The Balaban J connectivity index is 1.56. The van der Waals surface area contributed by atoms with E-state index in [1.54, 1.807) is 0 Å². The van der Waals surface area contributed by atoms with Gasteiger partial charge in [-0.05, 0) is 31.0 Å². The van der Waals surface area contributed by atoms with Crippen molar-refractivity contribution < 1.29 is 9.21 Å². The standard InChI is InChI=1S/C22H22ClN3O2/c1-15-19(25-22(28-15)17-9-5-6-10-18(17)23)14-26-12-11-24-21(27)20(26)13-16-7-3-2-4-8-16/h2-10,20H,11-14H2,1H3,(H,24,27)/t20-/m0/s1. The average molecular weight is 396 g/mol. The van der Waals surface area contributed by atoms with E-state index >= 15 is 0 Å². The molecule has 4 rings (SSSR count). The number of aromatic nitrogens is 1. The van der Waals surface area contributed by atoms with Gasteiger partial charge >= 0.3 is 0 Å². The molecule has 3 aromatic rings. The second-order valence-electron chi connectivity index (χ2n) is 6.97. The SMILES string of the molecule is Cc1oc(-c2ccccc2Cl)nc1CN1CCNC(=O)[C@@H]1Cc1ccccc1. The number of hydrogen-bond acceptors (Lipinski definition) is 4. The molecular weight excluding hydrogens is 374 g/mol. The Labute approximate surface area is 169 Å². The summed E-state index contributed by atoms with van der Waals surface area (Å²) in [4.78, 5) is 19.4. The summed E-state index contributed by atoms with van der Waals surface area (Å²) < 4.78 is 5.88. The highest BCUT2D eigenvalue weighted by Crippen LogP contribution is 2.29. The van der Waals surface area contributed by atoms with Crippen molar-refractivity contribution in [3.05, 3.63) is 76.6 Å². The molecule has 144 valence electrons. The van der Waals surface area contributed by atoms with Crippen LogP contribution in [-0.2, 0) is 17.8 Å². The van der Waals surface area contributed by atoms with E-state index in [1.807, 2.05) is 49.4 Å². The summed E-state index contributed by atoms with van der Waals surface area (Å²) in [7, 11) is 0. The Morgan fingerprint density at radius 2 is 1.93 bits per heavy atom. The summed E-state index contributed by atoms with van der Waals surface area (Å²) in [5.74, 6) is 1.32. The molecule has 2 aromatic carbocycles. The maximum absolute atomic E-state index is 12.5. The molecule has 0 saturated carbocycles. The van der Waals surface area contributed by atoms with Gasteiger partial charge in [0.2, 0.25) is 11.8 Å². The first-order chi connectivity index (χ1) is 13.6. The lowest BCUT2D eigenvalue weighted by Crippen LogP contribution is -2.55. The summed E-state index contributed by atoms with van der Waals surface area (Å²) in [6.45, 7) is 3.87. The van der Waals surface area contributed by atoms with Crippen LogP contribution in [0.1, 0.15) is 17.0 Å². The van der Waals surface area contributed by atoms with Crippen molar-refractivity contribution in [1.29, 1.82) is 0 Å². The van der Waals surface area contributed by atoms with E-state index in [4.69, 9.17) is 16.0 Å². The van der Waals surface area contributed by atoms with Gasteiger partial charge in [-0.1, -0.05) is 54.1 Å². The minimum absolute atomic E-state index is 0.0579. The molecule has 1 fully saturated rings. The van der Waals surface area contributed by atoms with E-state index < -0.39 is 0 Å². The van der Waals surface area contributed by atoms with Crippen LogP contribution < -0.4 is 5.32 Å². The smallest absolute Gasteiger partial charge is 0.237 e. The molecule has 1 saturated heterocycles. The molecule has 5 nitrogen and oxygen atoms in total. The molecule has 0 spiro atoms. The van der Waals surface area contributed by atoms with Gasteiger partial charge in [-0.15, -0.1) is 0 Å². The number of halogens is 1. The number of nitrogens with zero attached hydrogens (tertiary/aromatic N) is 2. The number of benzene rings is 2. The number of oxazole rings is 1. The second kappa shape index (κ2) is 8.17. The monoisotopic (exact) mass is 395 g/mol. The minimum atomic E-state index is -0.226. The van der Waals surface area contributed by atoms with Gasteiger partial charge in [0.25, 0.3) is 0 Å². The summed E-state index contributed by atoms with van der Waals surface area (Å²) >= 11 is 6.28. The zero-order valence-corrected chi connectivity index (χ0v) is 16.4. The minimum Gasteiger partial charge on any atom is -0.441 e. The molecule has 1 aliphatic rings. The zero-order chi connectivity index (χ0) is 19.5. The van der Waals surface area contributed by atoms with Crippen LogP contribution in [0.25, 0.3) is 11.5 Å². The normalized spacial score (nSPS) is 17.5. The summed E-state index contributed by atoms with van der Waals surface area (Å²) in [5.41, 5.74) is 2.75. The fraction of sp³-hybridized carbons (Fsp3) is 0.273. The zero-order valence-electron chi connectivity index (χ0n) is 15.7. The fourth-order valence-corrected chi connectivity index (χ4v) is 3.74. The Morgan fingerprint density at radius 1 is 1.18 bits per heavy atom. The highest BCUT2D eigenvalue weighted by molar-refractivity contribution is 6.33. The van der Waals surface area contributed by atoms with Gasteiger partial charge in [-0.2, -0.15) is 0 Å². The molecule has 0 aliphatic carbocycles. The molecule has 0 bridgehead atoms. The lowest BCUT2D eigenvalue weighted by molar-refractivity contribution is -0.129. The van der Waals surface area contributed by atoms with Crippen LogP contribution in [0.3, 0.4) is 0 Å². The van der Waals surface area contributed by atoms with E-state index in [0.29, 0.717) is 30.4 Å². The van der Waals surface area contributed by atoms with E-state index in [2.05, 4.69) is 27.3 Å². The van der Waals surface area contributed by atoms with Crippen LogP contribution in [0.4, 0.5) is 0 Å². The molecule has 1 N–H and O–H groups in total. The lowest BCUT2D eigenvalue weighted by Gasteiger charge is -2.34. The molecule has 6 heteroatoms. The lowest BCUT2D eigenvalue weighted by atomic mass is 10.0. The van der Waals surface area contributed by atoms with Gasteiger partial charge < -0.3 is 9.73 Å². The Morgan fingerprint density at radius 3 is 2.71 bits per heavy atom. The number of hydrogen-bond donors (Lipinski definition) is 1. The number of rotatable bonds is 5. The predicted molar refractivity (Wildman–Crippen MR) is 109 cm³/mol. The highest BCUT2D eigenvalue weighted by Gasteiger charge is 2.31. The predicted octanol–water partition coefficient (Wildman–Crippen LogP) is 3.85. The molecule has 0 unspecified atom stereocenters. The first-order valence-corrected chi connectivity index (χ1v) is 9.76. The van der Waals surface area contributed by atoms with Crippen molar-refractivity contribution in [1.82, 2.24) is 15.2 Å². The van der Waals surface area contributed by atoms with Crippen LogP contribution >= 0.6 is 11.6 Å². The van der Waals surface area contributed by atoms with Crippen LogP contribution in [0.2, 0.25) is 5.02 Å². The molecule has 1 aromatic heterocycles. The molecule has 1 aliphatic heterocycles. The van der Waals surface area contributed by atoms with Crippen LogP contribution in [0.5, 0.6) is 0 Å². The average Bonchev–Trinajstić information content (AvgIpc) is 3.06. The maximum atomic E-state index is 12.5. The van der Waals surface area contributed by atoms with E-state index in [1.165, 1.54) is 0 Å². The molecule has 1 amide bonds. The maximum Gasteiger partial charge on any atom is 0.237 e. The number of carbonyl (C=O) groups excluding carboxylic acids is 1. The Bertz CT molecular complexity index is 971. The fourth-order valence-electron chi connectivity index (χ4n) is 3.53. The van der Waals surface area contributed by atoms with E-state index in [9.17, 15) is 4.79 Å². The molecular formula is C22H22ClN3O2. The Kier molecular flexibility index (Phi) is 5.46. The van der Waals surface area contributed by atoms with Gasteiger partial charge in [-0.25, -0.2) is 4.98 Å². The third-order valence-electron chi connectivity index (χ3n) is 5.06. The number of carbonyl (C=O) groups is 1. The first-order valence-electron chi connectivity index (χ1n) is 9.38. The van der Waals surface area contributed by atoms with Gasteiger partial charge in [0, 0.05) is 19.6 Å². The number of amides is 1. The van der Waals surface area contributed by atoms with Crippen LogP contribution in [0.15, 0.2) is 59.0 Å². The van der Waals surface area contributed by atoms with Gasteiger partial charge in [0.05, 0.1) is 22.3 Å². The van der Waals surface area contributed by atoms with Crippen molar-refractivity contribution in [2.24, 2.45) is 0 Å². The van der Waals surface area contributed by atoms with Crippen molar-refractivity contribution >= 4 is 17.5 Å². The van der Waals surface area contributed by atoms with Gasteiger partial charge in [-0.3, -0.25) is 9.69 Å². The van der Waals surface area contributed by atoms with Gasteiger partial charge in [0.15, 0.2) is 0 Å². The van der Waals surface area contributed by atoms with E-state index in [0.717, 1.165) is 29.1 Å². The third kappa shape index (κ3) is 3.96.